The largest absolute Gasteiger partial charge is 0.486 e. The molecule has 2 aromatic rings. The minimum Gasteiger partial charge on any atom is -0.486 e. The first-order valence-corrected chi connectivity index (χ1v) is 5.16. The van der Waals surface area contributed by atoms with Gasteiger partial charge in [0.2, 0.25) is 0 Å². The second-order valence-electron chi connectivity index (χ2n) is 3.53. The molecule has 0 aliphatic heterocycles. The van der Waals surface area contributed by atoms with Crippen LogP contribution in [0.1, 0.15) is 11.1 Å². The van der Waals surface area contributed by atoms with Crippen molar-refractivity contribution in [1.82, 2.24) is 0 Å². The molecular weight excluding hydrogens is 217 g/mol. The van der Waals surface area contributed by atoms with Crippen LogP contribution in [0.3, 0.4) is 0 Å². The molecule has 0 bridgehead atoms. The fourth-order valence-electron chi connectivity index (χ4n) is 1.40. The summed E-state index contributed by atoms with van der Waals surface area (Å²) in [5.41, 5.74) is 1.49. The van der Waals surface area contributed by atoms with E-state index >= 15 is 0 Å². The molecule has 84 valence electrons. The molecule has 0 saturated carbocycles. The minimum absolute atomic E-state index is 0.233. The lowest BCUT2D eigenvalue weighted by atomic mass is 10.2. The second kappa shape index (κ2) is 5.13. The number of nitriles is 1. The first-order chi connectivity index (χ1) is 8.29. The summed E-state index contributed by atoms with van der Waals surface area (Å²) in [6, 6.07) is 15.3. The molecule has 0 amide bonds. The number of para-hydroxylation sites is 1. The van der Waals surface area contributed by atoms with Gasteiger partial charge in [0.15, 0.2) is 11.6 Å². The van der Waals surface area contributed by atoms with Crippen molar-refractivity contribution in [3.63, 3.8) is 0 Å². The molecule has 3 heteroatoms. The molecule has 2 aromatic carbocycles. The topological polar surface area (TPSA) is 33.0 Å². The Balaban J connectivity index is 2.03. The zero-order valence-corrected chi connectivity index (χ0v) is 9.06. The van der Waals surface area contributed by atoms with Gasteiger partial charge in [0.05, 0.1) is 11.6 Å². The average Bonchev–Trinajstić information content (AvgIpc) is 2.38. The highest BCUT2D eigenvalue weighted by Gasteiger charge is 2.01. The Morgan fingerprint density at radius 3 is 2.41 bits per heavy atom. The van der Waals surface area contributed by atoms with Crippen molar-refractivity contribution < 1.29 is 9.13 Å². The van der Waals surface area contributed by atoms with Crippen molar-refractivity contribution >= 4 is 0 Å². The van der Waals surface area contributed by atoms with E-state index in [4.69, 9.17) is 10.00 Å². The highest BCUT2D eigenvalue weighted by atomic mass is 19.1. The molecule has 0 heterocycles. The highest BCUT2D eigenvalue weighted by Crippen LogP contribution is 2.17. The van der Waals surface area contributed by atoms with Crippen LogP contribution < -0.4 is 4.74 Å². The van der Waals surface area contributed by atoms with Gasteiger partial charge in [-0.3, -0.25) is 0 Å². The summed E-state index contributed by atoms with van der Waals surface area (Å²) in [4.78, 5) is 0. The first-order valence-electron chi connectivity index (χ1n) is 5.16. The van der Waals surface area contributed by atoms with Crippen molar-refractivity contribution in [1.29, 1.82) is 5.26 Å². The van der Waals surface area contributed by atoms with E-state index in [9.17, 15) is 4.39 Å². The molecular formula is C14H10FNO. The number of halogens is 1. The van der Waals surface area contributed by atoms with Gasteiger partial charge >= 0.3 is 0 Å². The zero-order chi connectivity index (χ0) is 12.1. The molecule has 2 rings (SSSR count). The Morgan fingerprint density at radius 1 is 1.06 bits per heavy atom. The summed E-state index contributed by atoms with van der Waals surface area (Å²) >= 11 is 0. The molecule has 0 aromatic heterocycles. The maximum atomic E-state index is 13.2. The molecule has 0 aliphatic carbocycles. The summed E-state index contributed by atoms with van der Waals surface area (Å²) in [5.74, 6) is -0.141. The SMILES string of the molecule is N#Cc1ccc(COc2ccccc2F)cc1. The summed E-state index contributed by atoms with van der Waals surface area (Å²) in [6.07, 6.45) is 0. The van der Waals surface area contributed by atoms with E-state index in [1.807, 2.05) is 6.07 Å². The molecule has 17 heavy (non-hydrogen) atoms. The molecule has 2 nitrogen and oxygen atoms in total. The standard InChI is InChI=1S/C14H10FNO/c15-13-3-1-2-4-14(13)17-10-12-7-5-11(9-16)6-8-12/h1-8H,10H2. The fourth-order valence-corrected chi connectivity index (χ4v) is 1.40. The number of benzene rings is 2. The Morgan fingerprint density at radius 2 is 1.76 bits per heavy atom. The predicted molar refractivity (Wildman–Crippen MR) is 61.9 cm³/mol. The maximum Gasteiger partial charge on any atom is 0.165 e. The van der Waals surface area contributed by atoms with E-state index in [-0.39, 0.29) is 18.2 Å². The molecule has 0 radical (unpaired) electrons. The third-order valence-corrected chi connectivity index (χ3v) is 2.31. The van der Waals surface area contributed by atoms with Crippen molar-refractivity contribution in [3.05, 3.63) is 65.5 Å². The quantitative estimate of drug-likeness (QED) is 0.806. The van der Waals surface area contributed by atoms with Gasteiger partial charge in [-0.1, -0.05) is 24.3 Å². The van der Waals surface area contributed by atoms with Gasteiger partial charge in [0.1, 0.15) is 6.61 Å². The van der Waals surface area contributed by atoms with E-state index in [2.05, 4.69) is 0 Å². The zero-order valence-electron chi connectivity index (χ0n) is 9.06. The van der Waals surface area contributed by atoms with Crippen LogP contribution in [0.2, 0.25) is 0 Å². The van der Waals surface area contributed by atoms with Gasteiger partial charge in [-0.2, -0.15) is 5.26 Å². The summed E-state index contributed by atoms with van der Waals surface area (Å²) < 4.78 is 18.6. The molecule has 0 spiro atoms. The Hall–Kier alpha value is -2.34. The van der Waals surface area contributed by atoms with E-state index in [1.165, 1.54) is 6.07 Å². The Kier molecular flexibility index (Phi) is 3.37. The lowest BCUT2D eigenvalue weighted by Gasteiger charge is -2.06. The van der Waals surface area contributed by atoms with Crippen molar-refractivity contribution in [2.45, 2.75) is 6.61 Å². The summed E-state index contributed by atoms with van der Waals surface area (Å²) in [7, 11) is 0. The van der Waals surface area contributed by atoms with Gasteiger partial charge in [0, 0.05) is 0 Å². The lowest BCUT2D eigenvalue weighted by Crippen LogP contribution is -1.97. The minimum atomic E-state index is -0.374. The maximum absolute atomic E-state index is 13.2. The van der Waals surface area contributed by atoms with Gasteiger partial charge in [-0.05, 0) is 29.8 Å². The Bertz CT molecular complexity index is 543. The van der Waals surface area contributed by atoms with Crippen LogP contribution in [0.4, 0.5) is 4.39 Å². The van der Waals surface area contributed by atoms with Gasteiger partial charge in [0.25, 0.3) is 0 Å². The van der Waals surface area contributed by atoms with Crippen LogP contribution in [0, 0.1) is 17.1 Å². The predicted octanol–water partition coefficient (Wildman–Crippen LogP) is 3.28. The molecule has 0 N–H and O–H groups in total. The van der Waals surface area contributed by atoms with E-state index in [1.54, 1.807) is 42.5 Å². The van der Waals surface area contributed by atoms with Gasteiger partial charge < -0.3 is 4.74 Å². The Labute approximate surface area is 98.9 Å². The van der Waals surface area contributed by atoms with Crippen LogP contribution in [-0.4, -0.2) is 0 Å². The van der Waals surface area contributed by atoms with Crippen LogP contribution in [-0.2, 0) is 6.61 Å². The number of hydrogen-bond acceptors (Lipinski definition) is 2. The number of rotatable bonds is 3. The highest BCUT2D eigenvalue weighted by molar-refractivity contribution is 5.31. The van der Waals surface area contributed by atoms with Crippen LogP contribution in [0.5, 0.6) is 5.75 Å². The van der Waals surface area contributed by atoms with Crippen LogP contribution in [0.15, 0.2) is 48.5 Å². The molecule has 0 fully saturated rings. The molecule has 0 aliphatic rings. The van der Waals surface area contributed by atoms with Gasteiger partial charge in [-0.25, -0.2) is 4.39 Å². The second-order valence-corrected chi connectivity index (χ2v) is 3.53. The normalized spacial score (nSPS) is 9.65. The smallest absolute Gasteiger partial charge is 0.165 e. The molecule has 0 saturated heterocycles. The van der Waals surface area contributed by atoms with Crippen LogP contribution >= 0.6 is 0 Å². The number of ether oxygens (including phenoxy) is 1. The van der Waals surface area contributed by atoms with Crippen LogP contribution in [0.25, 0.3) is 0 Å². The number of nitrogens with zero attached hydrogens (tertiary/aromatic N) is 1. The molecule has 0 atom stereocenters. The van der Waals surface area contributed by atoms with Crippen molar-refractivity contribution in [2.75, 3.05) is 0 Å². The van der Waals surface area contributed by atoms with Gasteiger partial charge in [-0.15, -0.1) is 0 Å². The summed E-state index contributed by atoms with van der Waals surface area (Å²) in [6.45, 7) is 0.284. The molecule has 0 unspecified atom stereocenters. The lowest BCUT2D eigenvalue weighted by molar-refractivity contribution is 0.290. The average molecular weight is 227 g/mol. The van der Waals surface area contributed by atoms with E-state index in [0.717, 1.165) is 5.56 Å². The fraction of sp³-hybridized carbons (Fsp3) is 0.0714. The first kappa shape index (κ1) is 11.2. The third-order valence-electron chi connectivity index (χ3n) is 2.31. The third kappa shape index (κ3) is 2.82. The number of hydrogen-bond donors (Lipinski definition) is 0. The monoisotopic (exact) mass is 227 g/mol. The summed E-state index contributed by atoms with van der Waals surface area (Å²) in [5, 5.41) is 8.64. The van der Waals surface area contributed by atoms with Crippen molar-refractivity contribution in [2.24, 2.45) is 0 Å². The van der Waals surface area contributed by atoms with E-state index in [0.29, 0.717) is 5.56 Å². The van der Waals surface area contributed by atoms with E-state index < -0.39 is 0 Å². The van der Waals surface area contributed by atoms with Crippen molar-refractivity contribution in [3.8, 4) is 11.8 Å².